The van der Waals surface area contributed by atoms with Gasteiger partial charge in [-0.15, -0.1) is 0 Å². The van der Waals surface area contributed by atoms with Crippen LogP contribution in [0.5, 0.6) is 0 Å². The molecule has 0 fully saturated rings. The van der Waals surface area contributed by atoms with Crippen molar-refractivity contribution < 1.29 is 14.5 Å². The largest absolute Gasteiger partial charge is 0.326 e. The van der Waals surface area contributed by atoms with Crippen LogP contribution >= 0.6 is 0 Å². The minimum atomic E-state index is -0.497. The van der Waals surface area contributed by atoms with Crippen molar-refractivity contribution in [2.45, 2.75) is 12.8 Å². The molecule has 0 unspecified atom stereocenters. The van der Waals surface area contributed by atoms with Crippen LogP contribution in [0.15, 0.2) is 59.7 Å². The smallest absolute Gasteiger partial charge is 0.269 e. The minimum Gasteiger partial charge on any atom is -0.326 e. The Morgan fingerprint density at radius 2 is 1.64 bits per heavy atom. The summed E-state index contributed by atoms with van der Waals surface area (Å²) in [6.45, 7) is 0. The lowest BCUT2D eigenvalue weighted by atomic mass is 10.2. The van der Waals surface area contributed by atoms with E-state index < -0.39 is 10.8 Å². The van der Waals surface area contributed by atoms with Crippen molar-refractivity contribution in [1.82, 2.24) is 5.43 Å². The fraction of sp³-hybridized carbons (Fsp3) is 0.118. The maximum atomic E-state index is 11.7. The van der Waals surface area contributed by atoms with Crippen LogP contribution in [-0.4, -0.2) is 23.0 Å². The predicted molar refractivity (Wildman–Crippen MR) is 93.1 cm³/mol. The molecular weight excluding hydrogens is 324 g/mol. The average molecular weight is 340 g/mol. The molecule has 0 radical (unpaired) electrons. The van der Waals surface area contributed by atoms with Gasteiger partial charge in [0.15, 0.2) is 0 Å². The zero-order valence-corrected chi connectivity index (χ0v) is 13.2. The molecule has 0 aliphatic rings. The number of hydrazone groups is 1. The summed E-state index contributed by atoms with van der Waals surface area (Å²) in [5.41, 5.74) is 3.56. The Balaban J connectivity index is 1.73. The van der Waals surface area contributed by atoms with Crippen LogP contribution in [0.3, 0.4) is 0 Å². The third-order valence-corrected chi connectivity index (χ3v) is 3.14. The summed E-state index contributed by atoms with van der Waals surface area (Å²) in [6, 6.07) is 14.7. The number of anilines is 1. The molecule has 0 aliphatic carbocycles. The number of non-ortho nitro benzene ring substituents is 1. The number of rotatable bonds is 7. The highest BCUT2D eigenvalue weighted by Gasteiger charge is 2.06. The highest BCUT2D eigenvalue weighted by atomic mass is 16.6. The first-order chi connectivity index (χ1) is 12.0. The van der Waals surface area contributed by atoms with E-state index in [-0.39, 0.29) is 24.4 Å². The highest BCUT2D eigenvalue weighted by Crippen LogP contribution is 2.10. The molecule has 25 heavy (non-hydrogen) atoms. The number of hydrogen-bond acceptors (Lipinski definition) is 5. The number of para-hydroxylation sites is 1. The van der Waals surface area contributed by atoms with E-state index in [4.69, 9.17) is 0 Å². The second-order valence-corrected chi connectivity index (χ2v) is 5.06. The third kappa shape index (κ3) is 6.22. The molecule has 8 nitrogen and oxygen atoms in total. The van der Waals surface area contributed by atoms with Crippen molar-refractivity contribution in [2.24, 2.45) is 5.10 Å². The number of nitrogens with zero attached hydrogens (tertiary/aromatic N) is 2. The Morgan fingerprint density at radius 1 is 1.00 bits per heavy atom. The molecule has 2 aromatic carbocycles. The number of benzene rings is 2. The highest BCUT2D eigenvalue weighted by molar-refractivity contribution is 5.93. The summed E-state index contributed by atoms with van der Waals surface area (Å²) in [5, 5.41) is 17.0. The number of hydrogen-bond donors (Lipinski definition) is 2. The normalized spacial score (nSPS) is 10.4. The van der Waals surface area contributed by atoms with Crippen LogP contribution in [0.25, 0.3) is 0 Å². The average Bonchev–Trinajstić information content (AvgIpc) is 2.61. The van der Waals surface area contributed by atoms with E-state index in [9.17, 15) is 19.7 Å². The van der Waals surface area contributed by atoms with Crippen LogP contribution in [0, 0.1) is 10.1 Å². The van der Waals surface area contributed by atoms with Gasteiger partial charge in [0.1, 0.15) is 0 Å². The molecule has 0 aromatic heterocycles. The Morgan fingerprint density at radius 3 is 2.28 bits per heavy atom. The van der Waals surface area contributed by atoms with Crippen LogP contribution in [0.2, 0.25) is 0 Å². The molecule has 0 heterocycles. The molecule has 0 spiro atoms. The Labute approximate surface area is 143 Å². The topological polar surface area (TPSA) is 114 Å². The summed E-state index contributed by atoms with van der Waals surface area (Å²) in [5.74, 6) is -0.665. The quantitative estimate of drug-likeness (QED) is 0.458. The number of carbonyl (C=O) groups excluding carboxylic acids is 2. The van der Waals surface area contributed by atoms with Crippen molar-refractivity contribution >= 4 is 29.4 Å². The van der Waals surface area contributed by atoms with Crippen LogP contribution in [0.1, 0.15) is 18.4 Å². The van der Waals surface area contributed by atoms with E-state index in [2.05, 4.69) is 15.8 Å². The van der Waals surface area contributed by atoms with Crippen molar-refractivity contribution in [3.8, 4) is 0 Å². The number of nitrogens with one attached hydrogen (secondary N) is 2. The van der Waals surface area contributed by atoms with E-state index in [0.717, 1.165) is 0 Å². The minimum absolute atomic E-state index is 0.00370. The predicted octanol–water partition coefficient (Wildman–Crippen LogP) is 2.46. The standard InChI is InChI=1S/C17H16N4O4/c22-16(19-14-4-2-1-3-5-14)10-11-17(23)20-18-12-13-6-8-15(9-7-13)21(24)25/h1-9,12H,10-11H2,(H,19,22)(H,20,23). The van der Waals surface area contributed by atoms with Gasteiger partial charge in [-0.25, -0.2) is 5.43 Å². The van der Waals surface area contributed by atoms with E-state index in [1.807, 2.05) is 6.07 Å². The molecule has 0 bridgehead atoms. The van der Waals surface area contributed by atoms with E-state index in [1.165, 1.54) is 30.5 Å². The number of nitro groups is 1. The first-order valence-corrected chi connectivity index (χ1v) is 7.46. The summed E-state index contributed by atoms with van der Waals surface area (Å²) in [7, 11) is 0. The lowest BCUT2D eigenvalue weighted by Crippen LogP contribution is -2.20. The molecule has 0 saturated carbocycles. The first-order valence-electron chi connectivity index (χ1n) is 7.46. The molecule has 2 amide bonds. The Bertz CT molecular complexity index is 773. The maximum absolute atomic E-state index is 11.7. The van der Waals surface area contributed by atoms with Gasteiger partial charge in [-0.1, -0.05) is 18.2 Å². The second-order valence-electron chi connectivity index (χ2n) is 5.06. The summed E-state index contributed by atoms with van der Waals surface area (Å²) < 4.78 is 0. The van der Waals surface area contributed by atoms with Crippen LogP contribution in [0.4, 0.5) is 11.4 Å². The molecule has 2 aromatic rings. The zero-order chi connectivity index (χ0) is 18.1. The second kappa shape index (κ2) is 8.92. The number of amides is 2. The van der Waals surface area contributed by atoms with Crippen molar-refractivity contribution in [2.75, 3.05) is 5.32 Å². The van der Waals surface area contributed by atoms with Gasteiger partial charge in [0, 0.05) is 30.7 Å². The monoisotopic (exact) mass is 340 g/mol. The van der Waals surface area contributed by atoms with E-state index >= 15 is 0 Å². The summed E-state index contributed by atoms with van der Waals surface area (Å²) in [6.07, 6.45) is 1.40. The van der Waals surface area contributed by atoms with Gasteiger partial charge in [-0.3, -0.25) is 19.7 Å². The number of carbonyl (C=O) groups is 2. The van der Waals surface area contributed by atoms with E-state index in [1.54, 1.807) is 24.3 Å². The molecule has 0 atom stereocenters. The van der Waals surface area contributed by atoms with Gasteiger partial charge in [0.2, 0.25) is 11.8 Å². The van der Waals surface area contributed by atoms with Crippen molar-refractivity contribution in [3.05, 3.63) is 70.3 Å². The van der Waals surface area contributed by atoms with Crippen molar-refractivity contribution in [3.63, 3.8) is 0 Å². The van der Waals surface area contributed by atoms with Gasteiger partial charge < -0.3 is 5.32 Å². The fourth-order valence-corrected chi connectivity index (χ4v) is 1.89. The van der Waals surface area contributed by atoms with Crippen LogP contribution < -0.4 is 10.7 Å². The molecule has 0 saturated heterocycles. The van der Waals surface area contributed by atoms with Gasteiger partial charge in [-0.2, -0.15) is 5.10 Å². The van der Waals surface area contributed by atoms with Gasteiger partial charge in [0.25, 0.3) is 5.69 Å². The van der Waals surface area contributed by atoms with Crippen LogP contribution in [-0.2, 0) is 9.59 Å². The zero-order valence-electron chi connectivity index (χ0n) is 13.2. The molecule has 0 aliphatic heterocycles. The van der Waals surface area contributed by atoms with Crippen molar-refractivity contribution in [1.29, 1.82) is 0 Å². The van der Waals surface area contributed by atoms with Gasteiger partial charge in [0.05, 0.1) is 11.1 Å². The Kier molecular flexibility index (Phi) is 6.35. The summed E-state index contributed by atoms with van der Waals surface area (Å²) >= 11 is 0. The van der Waals surface area contributed by atoms with Gasteiger partial charge in [-0.05, 0) is 29.8 Å². The van der Waals surface area contributed by atoms with E-state index in [0.29, 0.717) is 11.3 Å². The molecule has 2 rings (SSSR count). The summed E-state index contributed by atoms with van der Waals surface area (Å²) in [4.78, 5) is 33.4. The third-order valence-electron chi connectivity index (χ3n) is 3.14. The molecule has 128 valence electrons. The fourth-order valence-electron chi connectivity index (χ4n) is 1.89. The lowest BCUT2D eigenvalue weighted by molar-refractivity contribution is -0.384. The maximum Gasteiger partial charge on any atom is 0.269 e. The Hall–Kier alpha value is -3.55. The molecule has 8 heteroatoms. The van der Waals surface area contributed by atoms with Gasteiger partial charge >= 0.3 is 0 Å². The molecule has 2 N–H and O–H groups in total. The lowest BCUT2D eigenvalue weighted by Gasteiger charge is -2.04. The first kappa shape index (κ1) is 17.8. The SMILES string of the molecule is O=C(CCC(=O)Nc1ccccc1)NN=Cc1ccc([N+](=O)[O-])cc1. The molecular formula is C17H16N4O4. The number of nitro benzene ring substituents is 1.